The minimum atomic E-state index is 0. The first kappa shape index (κ1) is 8.32. The smallest absolute Gasteiger partial charge is 0.203 e. The third-order valence-electron chi connectivity index (χ3n) is 0.557. The molecule has 0 aromatic carbocycles. The van der Waals surface area contributed by atoms with Crippen LogP contribution in [0.3, 0.4) is 0 Å². The molecular weight excluding hydrogens is 162 g/mol. The summed E-state index contributed by atoms with van der Waals surface area (Å²) in [5, 5.41) is 7.46. The zero-order valence-electron chi connectivity index (χ0n) is 4.27. The lowest BCUT2D eigenvalue weighted by atomic mass is 10.8. The van der Waals surface area contributed by atoms with Gasteiger partial charge in [0.1, 0.15) is 0 Å². The number of nitrogens with zero attached hydrogens (tertiary/aromatic N) is 2. The average Bonchev–Trinajstić information content (AvgIpc) is 2.14. The lowest BCUT2D eigenvalue weighted by Crippen LogP contribution is -1.80. The number of aldehydes is 1. The number of carbonyl (C=O) groups is 1. The lowest BCUT2D eigenvalue weighted by molar-refractivity contribution is 0.112. The van der Waals surface area contributed by atoms with E-state index in [-0.39, 0.29) is 12.4 Å². The summed E-state index contributed by atoms with van der Waals surface area (Å²) in [6.45, 7) is 0. The second kappa shape index (κ2) is 3.37. The van der Waals surface area contributed by atoms with E-state index >= 15 is 0 Å². The fourth-order valence-electron chi connectivity index (χ4n) is 0.294. The van der Waals surface area contributed by atoms with E-state index in [1.54, 1.807) is 0 Å². The van der Waals surface area contributed by atoms with Gasteiger partial charge in [-0.05, 0) is 0 Å². The Morgan fingerprint density at radius 2 is 2.22 bits per heavy atom. The van der Waals surface area contributed by atoms with Crippen LogP contribution in [0.5, 0.6) is 0 Å². The maximum absolute atomic E-state index is 9.87. The maximum atomic E-state index is 9.87. The summed E-state index contributed by atoms with van der Waals surface area (Å²) in [6, 6.07) is 0. The number of carbonyl (C=O) groups excluding carboxylic acids is 1. The van der Waals surface area contributed by atoms with Gasteiger partial charge in [-0.3, -0.25) is 4.79 Å². The number of hydrogen-bond acceptors (Lipinski definition) is 5. The Kier molecular flexibility index (Phi) is 3.11. The zero-order valence-corrected chi connectivity index (χ0v) is 5.91. The van der Waals surface area contributed by atoms with Gasteiger partial charge in [0.05, 0.1) is 0 Å². The number of hydrogen-bond donors (Lipinski definition) is 1. The molecule has 1 heterocycles. The molecule has 1 rings (SSSR count). The van der Waals surface area contributed by atoms with E-state index in [1.807, 2.05) is 0 Å². The number of rotatable bonds is 1. The summed E-state index contributed by atoms with van der Waals surface area (Å²) < 4.78 is 0. The highest BCUT2D eigenvalue weighted by Crippen LogP contribution is 2.06. The van der Waals surface area contributed by atoms with E-state index in [2.05, 4.69) is 10.2 Å². The standard InChI is InChI=1S/C3H3N3OS.ClH/c4-3-6-5-2(1-7)8-3;/h1H,(H2,4,6);1H. The molecule has 0 atom stereocenters. The lowest BCUT2D eigenvalue weighted by Gasteiger charge is -1.66. The Hall–Kier alpha value is -0.680. The topological polar surface area (TPSA) is 68.9 Å². The predicted molar refractivity (Wildman–Crippen MR) is 37.0 cm³/mol. The number of halogens is 1. The molecule has 6 heteroatoms. The number of aromatic nitrogens is 2. The van der Waals surface area contributed by atoms with Gasteiger partial charge in [0, 0.05) is 0 Å². The summed E-state index contributed by atoms with van der Waals surface area (Å²) in [6.07, 6.45) is 0.619. The van der Waals surface area contributed by atoms with Crippen molar-refractivity contribution in [1.82, 2.24) is 10.2 Å². The molecule has 4 nitrogen and oxygen atoms in total. The van der Waals surface area contributed by atoms with E-state index in [1.165, 1.54) is 0 Å². The Morgan fingerprint density at radius 1 is 1.56 bits per heavy atom. The normalized spacial score (nSPS) is 8.00. The van der Waals surface area contributed by atoms with Gasteiger partial charge in [-0.15, -0.1) is 22.6 Å². The quantitative estimate of drug-likeness (QED) is 0.610. The molecule has 2 N–H and O–H groups in total. The van der Waals surface area contributed by atoms with Crippen molar-refractivity contribution in [3.63, 3.8) is 0 Å². The second-order valence-electron chi connectivity index (χ2n) is 1.10. The van der Waals surface area contributed by atoms with E-state index in [9.17, 15) is 4.79 Å². The van der Waals surface area contributed by atoms with Crippen molar-refractivity contribution in [2.75, 3.05) is 5.73 Å². The van der Waals surface area contributed by atoms with E-state index in [4.69, 9.17) is 5.73 Å². The molecule has 0 aliphatic heterocycles. The minimum absolute atomic E-state index is 0. The van der Waals surface area contributed by atoms with Gasteiger partial charge in [0.25, 0.3) is 0 Å². The fraction of sp³-hybridized carbons (Fsp3) is 0. The highest BCUT2D eigenvalue weighted by atomic mass is 35.5. The molecule has 0 fully saturated rings. The van der Waals surface area contributed by atoms with Gasteiger partial charge in [-0.1, -0.05) is 11.3 Å². The monoisotopic (exact) mass is 165 g/mol. The summed E-state index contributed by atoms with van der Waals surface area (Å²) in [5.74, 6) is 0. The van der Waals surface area contributed by atoms with Crippen molar-refractivity contribution in [2.45, 2.75) is 0 Å². The minimum Gasteiger partial charge on any atom is -0.374 e. The first-order chi connectivity index (χ1) is 3.83. The van der Waals surface area contributed by atoms with Crippen molar-refractivity contribution < 1.29 is 4.79 Å². The molecule has 0 radical (unpaired) electrons. The van der Waals surface area contributed by atoms with Crippen LogP contribution in [0.15, 0.2) is 0 Å². The highest BCUT2D eigenvalue weighted by molar-refractivity contribution is 7.16. The van der Waals surface area contributed by atoms with Crippen LogP contribution in [0.2, 0.25) is 0 Å². The summed E-state index contributed by atoms with van der Waals surface area (Å²) in [7, 11) is 0. The molecule has 0 saturated carbocycles. The number of anilines is 1. The SMILES string of the molecule is Cl.Nc1nnc(C=O)s1. The van der Waals surface area contributed by atoms with Crippen molar-refractivity contribution in [1.29, 1.82) is 0 Å². The van der Waals surface area contributed by atoms with Gasteiger partial charge in [-0.25, -0.2) is 0 Å². The Balaban J connectivity index is 0.000000640. The van der Waals surface area contributed by atoms with Crippen molar-refractivity contribution in [3.05, 3.63) is 5.01 Å². The summed E-state index contributed by atoms with van der Waals surface area (Å²) >= 11 is 1.08. The van der Waals surface area contributed by atoms with Gasteiger partial charge < -0.3 is 5.73 Å². The molecule has 1 aromatic rings. The fourth-order valence-corrected chi connectivity index (χ4v) is 0.720. The van der Waals surface area contributed by atoms with Crippen LogP contribution in [-0.4, -0.2) is 16.5 Å². The first-order valence-electron chi connectivity index (χ1n) is 1.87. The van der Waals surface area contributed by atoms with Gasteiger partial charge in [-0.2, -0.15) is 0 Å². The van der Waals surface area contributed by atoms with Gasteiger partial charge >= 0.3 is 0 Å². The zero-order chi connectivity index (χ0) is 5.98. The van der Waals surface area contributed by atoms with E-state index in [0.717, 1.165) is 11.3 Å². The van der Waals surface area contributed by atoms with Crippen molar-refractivity contribution >= 4 is 35.2 Å². The average molecular weight is 166 g/mol. The second-order valence-corrected chi connectivity index (χ2v) is 2.14. The molecule has 0 aliphatic carbocycles. The predicted octanol–water partition coefficient (Wildman–Crippen LogP) is 0.355. The molecule has 0 spiro atoms. The van der Waals surface area contributed by atoms with Gasteiger partial charge in [0.2, 0.25) is 5.13 Å². The van der Waals surface area contributed by atoms with Crippen LogP contribution in [0.4, 0.5) is 5.13 Å². The molecule has 0 bridgehead atoms. The molecular formula is C3H4ClN3OS. The molecule has 1 aromatic heterocycles. The van der Waals surface area contributed by atoms with Crippen LogP contribution in [0.1, 0.15) is 9.80 Å². The summed E-state index contributed by atoms with van der Waals surface area (Å²) in [5.41, 5.74) is 5.14. The summed E-state index contributed by atoms with van der Waals surface area (Å²) in [4.78, 5) is 9.87. The largest absolute Gasteiger partial charge is 0.374 e. The first-order valence-corrected chi connectivity index (χ1v) is 2.69. The van der Waals surface area contributed by atoms with Gasteiger partial charge in [0.15, 0.2) is 11.3 Å². The van der Waals surface area contributed by atoms with E-state index < -0.39 is 0 Å². The van der Waals surface area contributed by atoms with Crippen molar-refractivity contribution in [3.8, 4) is 0 Å². The molecule has 0 aliphatic rings. The molecule has 9 heavy (non-hydrogen) atoms. The van der Waals surface area contributed by atoms with E-state index in [0.29, 0.717) is 16.4 Å². The highest BCUT2D eigenvalue weighted by Gasteiger charge is 1.94. The van der Waals surface area contributed by atoms with Crippen molar-refractivity contribution in [2.24, 2.45) is 0 Å². The molecule has 50 valence electrons. The number of nitrogens with two attached hydrogens (primary N) is 1. The maximum Gasteiger partial charge on any atom is 0.203 e. The Morgan fingerprint density at radius 3 is 2.44 bits per heavy atom. The van der Waals surface area contributed by atoms with Crippen LogP contribution in [-0.2, 0) is 0 Å². The van der Waals surface area contributed by atoms with Crippen LogP contribution in [0, 0.1) is 0 Å². The molecule has 0 saturated heterocycles. The Labute approximate surface area is 61.5 Å². The number of nitrogen functional groups attached to an aromatic ring is 1. The third kappa shape index (κ3) is 1.95. The third-order valence-corrected chi connectivity index (χ3v) is 1.23. The Bertz CT molecular complexity index is 201. The van der Waals surface area contributed by atoms with Crippen LogP contribution in [0.25, 0.3) is 0 Å². The molecule has 0 amide bonds. The molecule has 0 unspecified atom stereocenters. The van der Waals surface area contributed by atoms with Crippen LogP contribution < -0.4 is 5.73 Å². The van der Waals surface area contributed by atoms with Crippen LogP contribution >= 0.6 is 23.7 Å².